The smallest absolute Gasteiger partial charge is 0.251 e. The number of nitrogens with zero attached hydrogens (tertiary/aromatic N) is 1. The summed E-state index contributed by atoms with van der Waals surface area (Å²) in [4.78, 5) is 38.9. The molecule has 1 saturated carbocycles. The first-order valence-corrected chi connectivity index (χ1v) is 10.4. The maximum Gasteiger partial charge on any atom is 0.251 e. The number of halogens is 2. The second-order valence-corrected chi connectivity index (χ2v) is 8.43. The van der Waals surface area contributed by atoms with Gasteiger partial charge in [0.05, 0.1) is 11.1 Å². The summed E-state index contributed by atoms with van der Waals surface area (Å²) in [5.41, 5.74) is 0.277. The maximum atomic E-state index is 13.3. The van der Waals surface area contributed by atoms with E-state index in [9.17, 15) is 18.8 Å². The fourth-order valence-electron chi connectivity index (χ4n) is 4.08. The molecule has 0 bridgehead atoms. The average Bonchev–Trinajstić information content (AvgIpc) is 3.39. The van der Waals surface area contributed by atoms with Crippen molar-refractivity contribution in [3.8, 4) is 0 Å². The lowest BCUT2D eigenvalue weighted by Crippen LogP contribution is -2.58. The number of benzene rings is 1. The summed E-state index contributed by atoms with van der Waals surface area (Å²) >= 11 is 5.76. The van der Waals surface area contributed by atoms with E-state index in [-0.39, 0.29) is 46.4 Å². The van der Waals surface area contributed by atoms with Gasteiger partial charge in [0.2, 0.25) is 11.8 Å². The van der Waals surface area contributed by atoms with E-state index in [1.54, 1.807) is 0 Å². The van der Waals surface area contributed by atoms with Crippen LogP contribution in [0.3, 0.4) is 0 Å². The summed E-state index contributed by atoms with van der Waals surface area (Å²) in [6, 6.07) is 3.71. The van der Waals surface area contributed by atoms with Gasteiger partial charge in [0.1, 0.15) is 5.82 Å². The number of carbonyl (C=O) groups is 3. The molecular formula is C20H24ClFN4O3. The molecule has 3 amide bonds. The Labute approximate surface area is 173 Å². The topological polar surface area (TPSA) is 90.5 Å². The molecule has 0 unspecified atom stereocenters. The Bertz CT molecular complexity index is 832. The highest BCUT2D eigenvalue weighted by molar-refractivity contribution is 6.31. The van der Waals surface area contributed by atoms with E-state index < -0.39 is 5.82 Å². The fraction of sp³-hybridized carbons (Fsp3) is 0.550. The van der Waals surface area contributed by atoms with Gasteiger partial charge in [0, 0.05) is 43.2 Å². The van der Waals surface area contributed by atoms with Crippen molar-refractivity contribution >= 4 is 29.3 Å². The van der Waals surface area contributed by atoms with E-state index in [1.165, 1.54) is 12.1 Å². The number of nitrogens with one attached hydrogen (secondary N) is 3. The first kappa shape index (κ1) is 20.1. The van der Waals surface area contributed by atoms with E-state index >= 15 is 0 Å². The van der Waals surface area contributed by atoms with Gasteiger partial charge >= 0.3 is 0 Å². The molecule has 2 saturated heterocycles. The molecule has 3 fully saturated rings. The predicted octanol–water partition coefficient (Wildman–Crippen LogP) is 1.21. The first-order chi connectivity index (χ1) is 13.9. The van der Waals surface area contributed by atoms with Crippen molar-refractivity contribution in [3.05, 3.63) is 34.6 Å². The zero-order chi connectivity index (χ0) is 20.5. The molecule has 3 N–H and O–H groups in total. The minimum absolute atomic E-state index is 0.0507. The molecule has 2 heterocycles. The van der Waals surface area contributed by atoms with Gasteiger partial charge in [-0.05, 0) is 43.9 Å². The summed E-state index contributed by atoms with van der Waals surface area (Å²) in [7, 11) is 0. The number of carbonyl (C=O) groups excluding carboxylic acids is 3. The summed E-state index contributed by atoms with van der Waals surface area (Å²) in [6.07, 6.45) is 3.69. The lowest BCUT2D eigenvalue weighted by atomic mass is 10.0. The van der Waals surface area contributed by atoms with Crippen LogP contribution >= 0.6 is 11.6 Å². The Kier molecular flexibility index (Phi) is 5.74. The van der Waals surface area contributed by atoms with E-state index in [1.807, 2.05) is 0 Å². The highest BCUT2D eigenvalue weighted by atomic mass is 35.5. The second kappa shape index (κ2) is 8.28. The minimum Gasteiger partial charge on any atom is -0.353 e. The van der Waals surface area contributed by atoms with E-state index in [2.05, 4.69) is 20.9 Å². The Morgan fingerprint density at radius 2 is 2.03 bits per heavy atom. The van der Waals surface area contributed by atoms with E-state index in [0.29, 0.717) is 38.4 Å². The number of fused-ring (bicyclic) bond motifs is 1. The molecule has 9 heteroatoms. The number of piperazine rings is 1. The second-order valence-electron chi connectivity index (χ2n) is 8.03. The lowest BCUT2D eigenvalue weighted by molar-refractivity contribution is -0.129. The molecule has 1 aromatic rings. The van der Waals surface area contributed by atoms with E-state index in [0.717, 1.165) is 18.9 Å². The molecule has 4 rings (SSSR count). The standard InChI is InChI=1S/C20H24ClFN4O3/c21-15-7-11(1-5-16(15)22)19(28)25-13-8-17-20(29)23-9-14(26(17)10-13)4-6-18(27)24-12-2-3-12/h1,5,7,12-14,17H,2-4,6,8-10H2,(H,23,29)(H,24,27)(H,25,28)/t13-,14+,17-/m0/s1. The van der Waals surface area contributed by atoms with Crippen molar-refractivity contribution in [2.75, 3.05) is 13.1 Å². The fourth-order valence-corrected chi connectivity index (χ4v) is 4.26. The minimum atomic E-state index is -0.577. The molecule has 3 atom stereocenters. The summed E-state index contributed by atoms with van der Waals surface area (Å²) < 4.78 is 13.3. The molecule has 2 aliphatic heterocycles. The largest absolute Gasteiger partial charge is 0.353 e. The SMILES string of the molecule is O=C(CC[C@@H]1CNC(=O)[C@@H]2C[C@H](NC(=O)c3ccc(F)c(Cl)c3)CN12)NC1CC1. The molecule has 29 heavy (non-hydrogen) atoms. The van der Waals surface area contributed by atoms with Crippen LogP contribution in [-0.2, 0) is 9.59 Å². The molecule has 0 radical (unpaired) electrons. The Morgan fingerprint density at radius 1 is 1.24 bits per heavy atom. The quantitative estimate of drug-likeness (QED) is 0.642. The highest BCUT2D eigenvalue weighted by Gasteiger charge is 2.43. The van der Waals surface area contributed by atoms with Crippen LogP contribution in [-0.4, -0.2) is 59.9 Å². The molecule has 1 aromatic carbocycles. The number of hydrogen-bond acceptors (Lipinski definition) is 4. The molecule has 3 aliphatic rings. The van der Waals surface area contributed by atoms with E-state index in [4.69, 9.17) is 11.6 Å². The van der Waals surface area contributed by atoms with Crippen molar-refractivity contribution < 1.29 is 18.8 Å². The van der Waals surface area contributed by atoms with Gasteiger partial charge in [-0.1, -0.05) is 11.6 Å². The van der Waals surface area contributed by atoms with Gasteiger partial charge in [-0.15, -0.1) is 0 Å². The van der Waals surface area contributed by atoms with Crippen LogP contribution in [0, 0.1) is 5.82 Å². The normalized spacial score (nSPS) is 26.6. The van der Waals surface area contributed by atoms with Crippen LogP contribution in [0.1, 0.15) is 42.5 Å². The van der Waals surface area contributed by atoms with Gasteiger partial charge in [0.25, 0.3) is 5.91 Å². The van der Waals surface area contributed by atoms with Crippen molar-refractivity contribution in [1.29, 1.82) is 0 Å². The van der Waals surface area contributed by atoms with Gasteiger partial charge in [-0.3, -0.25) is 19.3 Å². The number of rotatable bonds is 6. The third-order valence-electron chi connectivity index (χ3n) is 5.79. The third-order valence-corrected chi connectivity index (χ3v) is 6.08. The first-order valence-electron chi connectivity index (χ1n) is 9.99. The molecule has 0 spiro atoms. The molecule has 1 aliphatic carbocycles. The molecule has 7 nitrogen and oxygen atoms in total. The zero-order valence-electron chi connectivity index (χ0n) is 15.9. The lowest BCUT2D eigenvalue weighted by Gasteiger charge is -2.37. The van der Waals surface area contributed by atoms with Crippen molar-refractivity contribution in [2.45, 2.75) is 56.3 Å². The van der Waals surface area contributed by atoms with Crippen LogP contribution in [0.4, 0.5) is 4.39 Å². The summed E-state index contributed by atoms with van der Waals surface area (Å²) in [5, 5.41) is 8.71. The zero-order valence-corrected chi connectivity index (χ0v) is 16.7. The van der Waals surface area contributed by atoms with Crippen LogP contribution in [0.25, 0.3) is 0 Å². The van der Waals surface area contributed by atoms with Crippen molar-refractivity contribution in [2.24, 2.45) is 0 Å². The third kappa shape index (κ3) is 4.70. The predicted molar refractivity (Wildman–Crippen MR) is 105 cm³/mol. The monoisotopic (exact) mass is 422 g/mol. The van der Waals surface area contributed by atoms with Gasteiger partial charge in [-0.25, -0.2) is 4.39 Å². The van der Waals surface area contributed by atoms with Crippen LogP contribution in [0.5, 0.6) is 0 Å². The van der Waals surface area contributed by atoms with Crippen LogP contribution < -0.4 is 16.0 Å². The van der Waals surface area contributed by atoms with Gasteiger partial charge in [0.15, 0.2) is 0 Å². The molecular weight excluding hydrogens is 399 g/mol. The summed E-state index contributed by atoms with van der Waals surface area (Å²) in [5.74, 6) is -0.924. The van der Waals surface area contributed by atoms with Crippen LogP contribution in [0.2, 0.25) is 5.02 Å². The Balaban J connectivity index is 1.35. The molecule has 0 aromatic heterocycles. The maximum absolute atomic E-state index is 13.3. The number of amides is 3. The average molecular weight is 423 g/mol. The molecule has 156 valence electrons. The number of hydrogen-bond donors (Lipinski definition) is 3. The van der Waals surface area contributed by atoms with Crippen molar-refractivity contribution in [3.63, 3.8) is 0 Å². The van der Waals surface area contributed by atoms with Crippen LogP contribution in [0.15, 0.2) is 18.2 Å². The van der Waals surface area contributed by atoms with Gasteiger partial charge < -0.3 is 16.0 Å². The Morgan fingerprint density at radius 3 is 2.76 bits per heavy atom. The Hall–Kier alpha value is -2.19. The van der Waals surface area contributed by atoms with Crippen molar-refractivity contribution in [1.82, 2.24) is 20.9 Å². The highest BCUT2D eigenvalue weighted by Crippen LogP contribution is 2.26. The van der Waals surface area contributed by atoms with Gasteiger partial charge in [-0.2, -0.15) is 0 Å². The summed E-state index contributed by atoms with van der Waals surface area (Å²) in [6.45, 7) is 1.04.